The molecule has 5 nitrogen and oxygen atoms in total. The summed E-state index contributed by atoms with van der Waals surface area (Å²) >= 11 is 0. The average molecular weight is 366 g/mol. The maximum absolute atomic E-state index is 13.4. The van der Waals surface area contributed by atoms with Crippen molar-refractivity contribution in [2.24, 2.45) is 18.9 Å². The van der Waals surface area contributed by atoms with Crippen LogP contribution < -0.4 is 5.32 Å². The number of alkyl halides is 3. The predicted octanol–water partition coefficient (Wildman–Crippen LogP) is 2.35. The minimum Gasteiger partial charge on any atom is -0.352 e. The molecular formula is C18H21F3N4O. The molecule has 1 fully saturated rings. The molecule has 2 aromatic rings. The number of aromatic nitrogens is 2. The Balaban J connectivity index is 1.65. The number of aryl methyl sites for hydroxylation is 1. The van der Waals surface area contributed by atoms with Gasteiger partial charge in [-0.3, -0.25) is 14.4 Å². The van der Waals surface area contributed by atoms with Gasteiger partial charge >= 0.3 is 6.18 Å². The van der Waals surface area contributed by atoms with E-state index in [1.807, 2.05) is 30.3 Å². The summed E-state index contributed by atoms with van der Waals surface area (Å²) < 4.78 is 41.9. The zero-order valence-electron chi connectivity index (χ0n) is 14.4. The molecule has 1 amide bonds. The fourth-order valence-electron chi connectivity index (χ4n) is 3.34. The Morgan fingerprint density at radius 1 is 1.23 bits per heavy atom. The van der Waals surface area contributed by atoms with Gasteiger partial charge in [0.1, 0.15) is 0 Å². The highest BCUT2D eigenvalue weighted by molar-refractivity contribution is 5.79. The Hall–Kier alpha value is -2.35. The molecule has 1 aliphatic rings. The number of likely N-dealkylation sites (tertiary alicyclic amines) is 1. The molecule has 1 aliphatic heterocycles. The minimum atomic E-state index is -4.40. The summed E-state index contributed by atoms with van der Waals surface area (Å²) in [4.78, 5) is 14.1. The van der Waals surface area contributed by atoms with Gasteiger partial charge in [0.15, 0.2) is 0 Å². The van der Waals surface area contributed by atoms with Gasteiger partial charge in [-0.05, 0) is 5.56 Å². The lowest BCUT2D eigenvalue weighted by atomic mass is 9.94. The molecule has 0 aliphatic carbocycles. The van der Waals surface area contributed by atoms with Crippen LogP contribution in [0.3, 0.4) is 0 Å². The van der Waals surface area contributed by atoms with Gasteiger partial charge in [-0.2, -0.15) is 18.3 Å². The zero-order chi connectivity index (χ0) is 18.7. The van der Waals surface area contributed by atoms with Gasteiger partial charge in [0.25, 0.3) is 0 Å². The van der Waals surface area contributed by atoms with Gasteiger partial charge in [0.2, 0.25) is 5.91 Å². The number of hydrogen-bond acceptors (Lipinski definition) is 3. The molecule has 3 rings (SSSR count). The fourth-order valence-corrected chi connectivity index (χ4v) is 3.34. The lowest BCUT2D eigenvalue weighted by molar-refractivity contribution is -0.183. The summed E-state index contributed by atoms with van der Waals surface area (Å²) in [5, 5.41) is 6.60. The van der Waals surface area contributed by atoms with E-state index < -0.39 is 23.9 Å². The molecule has 0 spiro atoms. The van der Waals surface area contributed by atoms with E-state index in [0.717, 1.165) is 11.1 Å². The molecule has 2 atom stereocenters. The van der Waals surface area contributed by atoms with Crippen molar-refractivity contribution >= 4 is 5.91 Å². The Labute approximate surface area is 149 Å². The van der Waals surface area contributed by atoms with E-state index in [9.17, 15) is 18.0 Å². The predicted molar refractivity (Wildman–Crippen MR) is 89.8 cm³/mol. The fraction of sp³-hybridized carbons (Fsp3) is 0.444. The van der Waals surface area contributed by atoms with Gasteiger partial charge in [0, 0.05) is 45.0 Å². The third kappa shape index (κ3) is 4.43. The van der Waals surface area contributed by atoms with Gasteiger partial charge < -0.3 is 5.32 Å². The Bertz CT molecular complexity index is 744. The highest BCUT2D eigenvalue weighted by atomic mass is 19.4. The second kappa shape index (κ2) is 7.49. The second-order valence-electron chi connectivity index (χ2n) is 6.67. The maximum atomic E-state index is 13.4. The summed E-state index contributed by atoms with van der Waals surface area (Å²) in [6.45, 7) is 0.507. The smallest absolute Gasteiger partial charge is 0.352 e. The van der Waals surface area contributed by atoms with Crippen LogP contribution in [0.1, 0.15) is 11.1 Å². The zero-order valence-corrected chi connectivity index (χ0v) is 14.4. The first kappa shape index (κ1) is 18.4. The van der Waals surface area contributed by atoms with E-state index in [2.05, 4.69) is 10.4 Å². The first-order valence-corrected chi connectivity index (χ1v) is 8.41. The van der Waals surface area contributed by atoms with E-state index in [1.54, 1.807) is 29.0 Å². The molecular weight excluding hydrogens is 345 g/mol. The molecule has 1 saturated heterocycles. The number of carbonyl (C=O) groups is 1. The van der Waals surface area contributed by atoms with Crippen LogP contribution in [0.15, 0.2) is 42.7 Å². The average Bonchev–Trinajstić information content (AvgIpc) is 3.20. The van der Waals surface area contributed by atoms with Crippen molar-refractivity contribution in [3.8, 4) is 0 Å². The molecule has 1 aromatic heterocycles. The molecule has 0 radical (unpaired) electrons. The van der Waals surface area contributed by atoms with E-state index in [0.29, 0.717) is 6.54 Å². The molecule has 0 saturated carbocycles. The van der Waals surface area contributed by atoms with E-state index in [-0.39, 0.29) is 19.6 Å². The van der Waals surface area contributed by atoms with Crippen molar-refractivity contribution in [1.82, 2.24) is 20.0 Å². The van der Waals surface area contributed by atoms with Crippen LogP contribution in [0.5, 0.6) is 0 Å². The number of amides is 1. The van der Waals surface area contributed by atoms with Crippen molar-refractivity contribution in [3.05, 3.63) is 53.9 Å². The Kier molecular flexibility index (Phi) is 5.31. The van der Waals surface area contributed by atoms with Gasteiger partial charge in [0.05, 0.1) is 18.0 Å². The first-order chi connectivity index (χ1) is 12.3. The molecule has 2 unspecified atom stereocenters. The molecule has 1 N–H and O–H groups in total. The lowest BCUT2D eigenvalue weighted by Gasteiger charge is -2.20. The third-order valence-corrected chi connectivity index (χ3v) is 4.63. The molecule has 8 heteroatoms. The van der Waals surface area contributed by atoms with Crippen molar-refractivity contribution in [1.29, 1.82) is 0 Å². The van der Waals surface area contributed by atoms with Crippen LogP contribution in [0, 0.1) is 11.8 Å². The van der Waals surface area contributed by atoms with Crippen LogP contribution in [0.4, 0.5) is 13.2 Å². The summed E-state index contributed by atoms with van der Waals surface area (Å²) in [5.74, 6) is -3.32. The van der Waals surface area contributed by atoms with E-state index in [1.165, 1.54) is 0 Å². The third-order valence-electron chi connectivity index (χ3n) is 4.63. The Morgan fingerprint density at radius 3 is 2.58 bits per heavy atom. The summed E-state index contributed by atoms with van der Waals surface area (Å²) in [6.07, 6.45) is -1.10. The van der Waals surface area contributed by atoms with Crippen molar-refractivity contribution in [2.75, 3.05) is 13.1 Å². The van der Waals surface area contributed by atoms with E-state index in [4.69, 9.17) is 0 Å². The number of hydrogen-bond donors (Lipinski definition) is 1. The monoisotopic (exact) mass is 366 g/mol. The highest BCUT2D eigenvalue weighted by Crippen LogP contribution is 2.38. The van der Waals surface area contributed by atoms with Crippen LogP contribution in [0.2, 0.25) is 0 Å². The van der Waals surface area contributed by atoms with E-state index >= 15 is 0 Å². The van der Waals surface area contributed by atoms with Crippen LogP contribution in [-0.2, 0) is 24.9 Å². The number of rotatable bonds is 5. The number of carbonyl (C=O) groups excluding carboxylic acids is 1. The highest BCUT2D eigenvalue weighted by Gasteiger charge is 2.52. The number of halogens is 3. The summed E-state index contributed by atoms with van der Waals surface area (Å²) in [6, 6.07) is 9.31. The molecule has 2 heterocycles. The number of benzene rings is 1. The summed E-state index contributed by atoms with van der Waals surface area (Å²) in [5.41, 5.74) is 1.69. The molecule has 1 aromatic carbocycles. The van der Waals surface area contributed by atoms with Crippen LogP contribution >= 0.6 is 0 Å². The molecule has 140 valence electrons. The minimum absolute atomic E-state index is 0.0952. The van der Waals surface area contributed by atoms with Gasteiger partial charge in [-0.25, -0.2) is 0 Å². The van der Waals surface area contributed by atoms with Crippen molar-refractivity contribution in [2.45, 2.75) is 19.3 Å². The number of nitrogens with zero attached hydrogens (tertiary/aromatic N) is 3. The first-order valence-electron chi connectivity index (χ1n) is 8.41. The van der Waals surface area contributed by atoms with Crippen molar-refractivity contribution < 1.29 is 18.0 Å². The summed E-state index contributed by atoms with van der Waals surface area (Å²) in [7, 11) is 1.74. The SMILES string of the molecule is Cn1cc(CNC(=O)C2CN(Cc3ccccc3)CC2C(F)(F)F)cn1. The maximum Gasteiger partial charge on any atom is 0.393 e. The van der Waals surface area contributed by atoms with Gasteiger partial charge in [-0.15, -0.1) is 0 Å². The molecule has 0 bridgehead atoms. The lowest BCUT2D eigenvalue weighted by Crippen LogP contribution is -2.39. The van der Waals surface area contributed by atoms with Crippen molar-refractivity contribution in [3.63, 3.8) is 0 Å². The number of nitrogens with one attached hydrogen (secondary N) is 1. The second-order valence-corrected chi connectivity index (χ2v) is 6.67. The Morgan fingerprint density at radius 2 is 1.96 bits per heavy atom. The molecule has 26 heavy (non-hydrogen) atoms. The van der Waals surface area contributed by atoms with Crippen LogP contribution in [-0.4, -0.2) is 39.9 Å². The largest absolute Gasteiger partial charge is 0.393 e. The van der Waals surface area contributed by atoms with Gasteiger partial charge in [-0.1, -0.05) is 30.3 Å². The van der Waals surface area contributed by atoms with Crippen LogP contribution in [0.25, 0.3) is 0 Å². The quantitative estimate of drug-likeness (QED) is 0.884. The standard InChI is InChI=1S/C18H21F3N4O/c1-24-9-14(8-23-24)7-22-17(26)15-11-25(12-16(15)18(19,20)21)10-13-5-3-2-4-6-13/h2-6,8-9,15-16H,7,10-12H2,1H3,(H,22,26). The topological polar surface area (TPSA) is 50.2 Å². The normalized spacial score (nSPS) is 21.1.